The molecule has 1 N–H and O–H groups in total. The second-order valence-corrected chi connectivity index (χ2v) is 4.86. The van der Waals surface area contributed by atoms with E-state index in [-0.39, 0.29) is 12.1 Å². The van der Waals surface area contributed by atoms with Crippen molar-refractivity contribution < 1.29 is 0 Å². The molecular weight excluding hydrogens is 240 g/mol. The molecule has 0 atom stereocenters. The van der Waals surface area contributed by atoms with Gasteiger partial charge in [0, 0.05) is 4.88 Å². The maximum atomic E-state index is 12.1. The van der Waals surface area contributed by atoms with E-state index in [0.29, 0.717) is 10.2 Å². The SMILES string of the molecule is C#CCn1c(=S)[nH]c2sc(CC)cc2c1=O. The van der Waals surface area contributed by atoms with Crippen LogP contribution in [0.4, 0.5) is 0 Å². The highest BCUT2D eigenvalue weighted by Crippen LogP contribution is 2.21. The molecule has 0 aliphatic carbocycles. The molecule has 2 aromatic rings. The van der Waals surface area contributed by atoms with Crippen molar-refractivity contribution in [2.45, 2.75) is 19.9 Å². The predicted octanol–water partition coefficient (Wildman–Crippen LogP) is 2.32. The van der Waals surface area contributed by atoms with Gasteiger partial charge in [0.25, 0.3) is 5.56 Å². The van der Waals surface area contributed by atoms with Crippen molar-refractivity contribution >= 4 is 33.8 Å². The molecule has 2 aromatic heterocycles. The molecule has 3 nitrogen and oxygen atoms in total. The summed E-state index contributed by atoms with van der Waals surface area (Å²) in [4.78, 5) is 17.1. The van der Waals surface area contributed by atoms with Gasteiger partial charge >= 0.3 is 0 Å². The van der Waals surface area contributed by atoms with Crippen molar-refractivity contribution in [2.24, 2.45) is 0 Å². The number of aromatic amines is 1. The van der Waals surface area contributed by atoms with Crippen LogP contribution >= 0.6 is 23.6 Å². The Morgan fingerprint density at radius 1 is 1.69 bits per heavy atom. The van der Waals surface area contributed by atoms with Gasteiger partial charge in [-0.2, -0.15) is 0 Å². The zero-order valence-electron chi connectivity index (χ0n) is 8.74. The second-order valence-electron chi connectivity index (χ2n) is 3.33. The molecular formula is C11H10N2OS2. The van der Waals surface area contributed by atoms with Crippen LogP contribution in [0.2, 0.25) is 0 Å². The zero-order valence-corrected chi connectivity index (χ0v) is 10.4. The normalized spacial score (nSPS) is 10.5. The molecule has 0 bridgehead atoms. The van der Waals surface area contributed by atoms with E-state index in [4.69, 9.17) is 18.6 Å². The van der Waals surface area contributed by atoms with E-state index in [0.717, 1.165) is 16.1 Å². The molecule has 0 amide bonds. The standard InChI is InChI=1S/C11H10N2OS2/c1-3-5-13-10(14)8-6-7(4-2)16-9(8)12-11(13)15/h1,6H,4-5H2,2H3,(H,12,15). The molecule has 0 aliphatic heterocycles. The highest BCUT2D eigenvalue weighted by Gasteiger charge is 2.08. The highest BCUT2D eigenvalue weighted by molar-refractivity contribution is 7.71. The lowest BCUT2D eigenvalue weighted by Gasteiger charge is -2.00. The summed E-state index contributed by atoms with van der Waals surface area (Å²) in [5.74, 6) is 2.43. The van der Waals surface area contributed by atoms with Crippen LogP contribution in [0.5, 0.6) is 0 Å². The largest absolute Gasteiger partial charge is 0.323 e. The minimum atomic E-state index is -0.104. The molecule has 82 valence electrons. The summed E-state index contributed by atoms with van der Waals surface area (Å²) >= 11 is 6.66. The molecule has 0 radical (unpaired) electrons. The van der Waals surface area contributed by atoms with E-state index in [9.17, 15) is 4.79 Å². The summed E-state index contributed by atoms with van der Waals surface area (Å²) in [6.45, 7) is 2.26. The first-order chi connectivity index (χ1) is 7.67. The van der Waals surface area contributed by atoms with Crippen LogP contribution in [-0.2, 0) is 13.0 Å². The number of aryl methyl sites for hydroxylation is 1. The van der Waals surface area contributed by atoms with E-state index in [1.807, 2.05) is 6.07 Å². The average molecular weight is 250 g/mol. The molecule has 0 unspecified atom stereocenters. The van der Waals surface area contributed by atoms with Gasteiger partial charge in [0.1, 0.15) is 4.83 Å². The number of nitrogens with one attached hydrogen (secondary N) is 1. The van der Waals surface area contributed by atoms with E-state index >= 15 is 0 Å². The maximum absolute atomic E-state index is 12.1. The first-order valence-electron chi connectivity index (χ1n) is 4.86. The lowest BCUT2D eigenvalue weighted by Crippen LogP contribution is -2.20. The van der Waals surface area contributed by atoms with Gasteiger partial charge in [0.15, 0.2) is 4.77 Å². The lowest BCUT2D eigenvalue weighted by molar-refractivity contribution is 0.768. The summed E-state index contributed by atoms with van der Waals surface area (Å²) in [6, 6.07) is 1.90. The molecule has 16 heavy (non-hydrogen) atoms. The topological polar surface area (TPSA) is 37.8 Å². The Hall–Kier alpha value is -1.38. The van der Waals surface area contributed by atoms with E-state index < -0.39 is 0 Å². The first-order valence-corrected chi connectivity index (χ1v) is 6.08. The third kappa shape index (κ3) is 1.70. The van der Waals surface area contributed by atoms with Crippen LogP contribution < -0.4 is 5.56 Å². The molecule has 0 aliphatic rings. The Labute approximate surface area is 102 Å². The lowest BCUT2D eigenvalue weighted by atomic mass is 10.3. The molecule has 2 rings (SSSR count). The van der Waals surface area contributed by atoms with Gasteiger partial charge in [-0.15, -0.1) is 17.8 Å². The number of thiophene rings is 1. The fraction of sp³-hybridized carbons (Fsp3) is 0.273. The van der Waals surface area contributed by atoms with Crippen molar-refractivity contribution in [3.05, 3.63) is 26.1 Å². The summed E-state index contributed by atoms with van der Waals surface area (Å²) < 4.78 is 1.80. The van der Waals surface area contributed by atoms with Crippen molar-refractivity contribution in [2.75, 3.05) is 0 Å². The summed E-state index contributed by atoms with van der Waals surface area (Å²) in [6.07, 6.45) is 6.12. The monoisotopic (exact) mass is 250 g/mol. The van der Waals surface area contributed by atoms with Gasteiger partial charge in [-0.05, 0) is 24.7 Å². The molecule has 0 spiro atoms. The Balaban J connectivity index is 2.83. The van der Waals surface area contributed by atoms with E-state index in [2.05, 4.69) is 17.8 Å². The van der Waals surface area contributed by atoms with E-state index in [1.165, 1.54) is 4.57 Å². The van der Waals surface area contributed by atoms with Crippen LogP contribution in [-0.4, -0.2) is 9.55 Å². The van der Waals surface area contributed by atoms with Crippen molar-refractivity contribution in [3.8, 4) is 12.3 Å². The number of aromatic nitrogens is 2. The molecule has 5 heteroatoms. The van der Waals surface area contributed by atoms with Gasteiger partial charge in [-0.3, -0.25) is 9.36 Å². The van der Waals surface area contributed by atoms with Crippen LogP contribution in [0.3, 0.4) is 0 Å². The smallest absolute Gasteiger partial charge is 0.263 e. The predicted molar refractivity (Wildman–Crippen MR) is 69.5 cm³/mol. The quantitative estimate of drug-likeness (QED) is 0.656. The van der Waals surface area contributed by atoms with Crippen LogP contribution in [0.15, 0.2) is 10.9 Å². The third-order valence-electron chi connectivity index (χ3n) is 2.32. The number of hydrogen-bond donors (Lipinski definition) is 1. The molecule has 0 saturated heterocycles. The van der Waals surface area contributed by atoms with Gasteiger partial charge < -0.3 is 4.98 Å². The third-order valence-corrected chi connectivity index (χ3v) is 3.84. The first kappa shape index (κ1) is 11.1. The number of fused-ring (bicyclic) bond motifs is 1. The van der Waals surface area contributed by atoms with Gasteiger partial charge in [-0.25, -0.2) is 0 Å². The van der Waals surface area contributed by atoms with Crippen molar-refractivity contribution in [1.82, 2.24) is 9.55 Å². The number of nitrogens with zero attached hydrogens (tertiary/aromatic N) is 1. The average Bonchev–Trinajstić information content (AvgIpc) is 2.67. The van der Waals surface area contributed by atoms with Crippen LogP contribution in [0, 0.1) is 17.1 Å². The number of H-pyrrole nitrogens is 1. The molecule has 0 fully saturated rings. The maximum Gasteiger partial charge on any atom is 0.263 e. The summed E-state index contributed by atoms with van der Waals surface area (Å²) in [5.41, 5.74) is -0.104. The van der Waals surface area contributed by atoms with Crippen molar-refractivity contribution in [3.63, 3.8) is 0 Å². The number of rotatable bonds is 2. The zero-order chi connectivity index (χ0) is 11.7. The fourth-order valence-corrected chi connectivity index (χ4v) is 2.81. The van der Waals surface area contributed by atoms with Crippen LogP contribution in [0.1, 0.15) is 11.8 Å². The van der Waals surface area contributed by atoms with E-state index in [1.54, 1.807) is 11.3 Å². The molecule has 2 heterocycles. The second kappa shape index (κ2) is 4.24. The Kier molecular flexibility index (Phi) is 2.95. The van der Waals surface area contributed by atoms with Gasteiger partial charge in [0.05, 0.1) is 11.9 Å². The van der Waals surface area contributed by atoms with Gasteiger partial charge in [-0.1, -0.05) is 12.8 Å². The Morgan fingerprint density at radius 2 is 2.44 bits per heavy atom. The number of terminal acetylenes is 1. The summed E-state index contributed by atoms with van der Waals surface area (Å²) in [7, 11) is 0. The minimum absolute atomic E-state index is 0.104. The van der Waals surface area contributed by atoms with Crippen LogP contribution in [0.25, 0.3) is 10.2 Å². The Morgan fingerprint density at radius 3 is 3.06 bits per heavy atom. The fourth-order valence-electron chi connectivity index (χ4n) is 1.51. The van der Waals surface area contributed by atoms with Gasteiger partial charge in [0.2, 0.25) is 0 Å². The summed E-state index contributed by atoms with van der Waals surface area (Å²) in [5, 5.41) is 0.672. The number of hydrogen-bond acceptors (Lipinski definition) is 3. The van der Waals surface area contributed by atoms with Crippen molar-refractivity contribution in [1.29, 1.82) is 0 Å². The molecule has 0 aromatic carbocycles. The highest BCUT2D eigenvalue weighted by atomic mass is 32.1. The Bertz CT molecular complexity index is 685. The minimum Gasteiger partial charge on any atom is -0.323 e. The molecule has 0 saturated carbocycles.